The summed E-state index contributed by atoms with van der Waals surface area (Å²) in [6.45, 7) is 6.60. The Bertz CT molecular complexity index is 251. The van der Waals surface area contributed by atoms with Crippen molar-refractivity contribution in [1.29, 1.82) is 0 Å². The van der Waals surface area contributed by atoms with Gasteiger partial charge in [-0.05, 0) is 6.07 Å². The third-order valence-electron chi connectivity index (χ3n) is 0.872. The molecule has 0 aliphatic rings. The van der Waals surface area contributed by atoms with Crippen LogP contribution in [0.4, 0.5) is 5.82 Å². The van der Waals surface area contributed by atoms with E-state index in [1.807, 2.05) is 0 Å². The summed E-state index contributed by atoms with van der Waals surface area (Å²) in [5.41, 5.74) is 0. The van der Waals surface area contributed by atoms with Crippen LogP contribution < -0.4 is 0 Å². The molecular formula is C6H4N2S. The monoisotopic (exact) mass is 136 g/mol. The van der Waals surface area contributed by atoms with E-state index in [4.69, 9.17) is 6.57 Å². The first-order valence-corrected chi connectivity index (χ1v) is 2.81. The molecule has 0 N–H and O–H groups in total. The lowest BCUT2D eigenvalue weighted by Gasteiger charge is -1.88. The predicted octanol–water partition coefficient (Wildman–Crippen LogP) is 1.92. The zero-order valence-electron chi connectivity index (χ0n) is 4.57. The van der Waals surface area contributed by atoms with Gasteiger partial charge in [0, 0.05) is 4.90 Å². The number of pyridine rings is 1. The fourth-order valence-corrected chi connectivity index (χ4v) is 0.668. The van der Waals surface area contributed by atoms with E-state index >= 15 is 0 Å². The fourth-order valence-electron chi connectivity index (χ4n) is 0.475. The Hall–Kier alpha value is -1.01. The van der Waals surface area contributed by atoms with Crippen LogP contribution in [0.25, 0.3) is 4.85 Å². The van der Waals surface area contributed by atoms with Gasteiger partial charge in [0.05, 0.1) is 0 Å². The van der Waals surface area contributed by atoms with Crippen molar-refractivity contribution >= 4 is 18.4 Å². The minimum atomic E-state index is 0.362. The molecule has 0 aromatic carbocycles. The molecule has 0 aliphatic carbocycles. The van der Waals surface area contributed by atoms with E-state index < -0.39 is 0 Å². The van der Waals surface area contributed by atoms with E-state index in [1.54, 1.807) is 18.3 Å². The lowest BCUT2D eigenvalue weighted by atomic mass is 10.5. The molecule has 44 valence electrons. The van der Waals surface area contributed by atoms with Gasteiger partial charge in [-0.25, -0.2) is 0 Å². The second kappa shape index (κ2) is 2.51. The maximum atomic E-state index is 6.60. The molecule has 9 heavy (non-hydrogen) atoms. The van der Waals surface area contributed by atoms with Gasteiger partial charge in [0.2, 0.25) is 0 Å². The van der Waals surface area contributed by atoms with Gasteiger partial charge in [-0.3, -0.25) is 0 Å². The molecule has 0 aliphatic heterocycles. The Morgan fingerprint density at radius 2 is 2.44 bits per heavy atom. The van der Waals surface area contributed by atoms with E-state index in [1.165, 1.54) is 0 Å². The zero-order valence-corrected chi connectivity index (χ0v) is 5.47. The molecule has 0 bridgehead atoms. The number of rotatable bonds is 0. The Morgan fingerprint density at radius 3 is 2.89 bits per heavy atom. The van der Waals surface area contributed by atoms with Gasteiger partial charge < -0.3 is 4.85 Å². The van der Waals surface area contributed by atoms with Gasteiger partial charge >= 0.3 is 0 Å². The van der Waals surface area contributed by atoms with Crippen molar-refractivity contribution in [2.45, 2.75) is 4.90 Å². The number of hydrogen-bond acceptors (Lipinski definition) is 2. The molecule has 0 radical (unpaired) electrons. The number of aromatic nitrogens is 1. The summed E-state index contributed by atoms with van der Waals surface area (Å²) in [4.78, 5) is 7.53. The molecule has 1 aromatic rings. The summed E-state index contributed by atoms with van der Waals surface area (Å²) >= 11 is 4.00. The number of nitrogens with zero attached hydrogens (tertiary/aromatic N) is 2. The third-order valence-corrected chi connectivity index (χ3v) is 1.22. The topological polar surface area (TPSA) is 17.2 Å². The SMILES string of the molecule is [C-]#[N+]c1ncccc1S. The molecule has 0 unspecified atom stereocenters. The Labute approximate surface area is 58.8 Å². The van der Waals surface area contributed by atoms with Crippen molar-refractivity contribution in [1.82, 2.24) is 4.98 Å². The molecule has 0 atom stereocenters. The van der Waals surface area contributed by atoms with Crippen LogP contribution in [-0.4, -0.2) is 4.98 Å². The second-order valence-corrected chi connectivity index (χ2v) is 1.94. The summed E-state index contributed by atoms with van der Waals surface area (Å²) in [5, 5.41) is 0. The van der Waals surface area contributed by atoms with Crippen molar-refractivity contribution in [2.75, 3.05) is 0 Å². The summed E-state index contributed by atoms with van der Waals surface area (Å²) < 4.78 is 0. The first kappa shape index (κ1) is 6.12. The minimum Gasteiger partial charge on any atom is -0.360 e. The van der Waals surface area contributed by atoms with Crippen LogP contribution in [-0.2, 0) is 0 Å². The molecule has 0 saturated heterocycles. The maximum Gasteiger partial charge on any atom is 0.282 e. The summed E-state index contributed by atoms with van der Waals surface area (Å²) in [6, 6.07) is 3.49. The molecule has 1 heterocycles. The molecular weight excluding hydrogens is 132 g/mol. The molecule has 1 aromatic heterocycles. The molecule has 2 nitrogen and oxygen atoms in total. The van der Waals surface area contributed by atoms with Gasteiger partial charge in [-0.2, -0.15) is 12.6 Å². The smallest absolute Gasteiger partial charge is 0.282 e. The van der Waals surface area contributed by atoms with Crippen molar-refractivity contribution in [2.24, 2.45) is 0 Å². The summed E-state index contributed by atoms with van der Waals surface area (Å²) in [7, 11) is 0. The number of thiol groups is 1. The molecule has 1 rings (SSSR count). The lowest BCUT2D eigenvalue weighted by molar-refractivity contribution is 1.28. The largest absolute Gasteiger partial charge is 0.360 e. The van der Waals surface area contributed by atoms with Gasteiger partial charge in [-0.1, -0.05) is 12.6 Å². The van der Waals surface area contributed by atoms with Gasteiger partial charge in [0.15, 0.2) is 0 Å². The van der Waals surface area contributed by atoms with Crippen molar-refractivity contribution in [3.05, 3.63) is 29.7 Å². The quantitative estimate of drug-likeness (QED) is 0.426. The predicted molar refractivity (Wildman–Crippen MR) is 37.8 cm³/mol. The van der Waals surface area contributed by atoms with Crippen LogP contribution in [0.5, 0.6) is 0 Å². The highest BCUT2D eigenvalue weighted by molar-refractivity contribution is 7.80. The van der Waals surface area contributed by atoms with E-state index in [-0.39, 0.29) is 0 Å². The normalized spacial score (nSPS) is 8.44. The first-order valence-electron chi connectivity index (χ1n) is 2.36. The first-order chi connectivity index (χ1) is 4.34. The lowest BCUT2D eigenvalue weighted by Crippen LogP contribution is -1.70. The average Bonchev–Trinajstić information content (AvgIpc) is 1.89. The van der Waals surface area contributed by atoms with Crippen LogP contribution >= 0.6 is 12.6 Å². The molecule has 0 amide bonds. The highest BCUT2D eigenvalue weighted by Crippen LogP contribution is 2.17. The van der Waals surface area contributed by atoms with Crippen LogP contribution in [0.1, 0.15) is 0 Å². The van der Waals surface area contributed by atoms with Crippen molar-refractivity contribution in [3.63, 3.8) is 0 Å². The molecule has 3 heteroatoms. The van der Waals surface area contributed by atoms with E-state index in [2.05, 4.69) is 22.5 Å². The van der Waals surface area contributed by atoms with Crippen LogP contribution in [0.2, 0.25) is 0 Å². The van der Waals surface area contributed by atoms with Crippen molar-refractivity contribution in [3.8, 4) is 0 Å². The Kier molecular flexibility index (Phi) is 1.71. The Balaban J connectivity index is 3.20. The van der Waals surface area contributed by atoms with Gasteiger partial charge in [-0.15, -0.1) is 4.98 Å². The summed E-state index contributed by atoms with van der Waals surface area (Å²) in [5.74, 6) is 0.362. The van der Waals surface area contributed by atoms with Crippen LogP contribution in [0.3, 0.4) is 0 Å². The third kappa shape index (κ3) is 1.21. The minimum absolute atomic E-state index is 0.362. The van der Waals surface area contributed by atoms with Gasteiger partial charge in [0.1, 0.15) is 6.20 Å². The molecule has 0 spiro atoms. The molecule has 0 fully saturated rings. The van der Waals surface area contributed by atoms with E-state index in [0.717, 1.165) is 0 Å². The van der Waals surface area contributed by atoms with Crippen LogP contribution in [0, 0.1) is 6.57 Å². The standard InChI is InChI=1S/C6H4N2S/c1-7-6-5(9)3-2-4-8-6/h2-4,9H. The maximum absolute atomic E-state index is 6.60. The summed E-state index contributed by atoms with van der Waals surface area (Å²) in [6.07, 6.45) is 1.58. The highest BCUT2D eigenvalue weighted by atomic mass is 32.1. The second-order valence-electron chi connectivity index (χ2n) is 1.46. The molecule has 0 saturated carbocycles. The van der Waals surface area contributed by atoms with Gasteiger partial charge in [0.25, 0.3) is 5.82 Å². The zero-order chi connectivity index (χ0) is 6.69. The Morgan fingerprint density at radius 1 is 1.67 bits per heavy atom. The highest BCUT2D eigenvalue weighted by Gasteiger charge is 1.94. The number of hydrogen-bond donors (Lipinski definition) is 1. The fraction of sp³-hybridized carbons (Fsp3) is 0. The van der Waals surface area contributed by atoms with E-state index in [9.17, 15) is 0 Å². The van der Waals surface area contributed by atoms with Crippen LogP contribution in [0.15, 0.2) is 23.2 Å². The van der Waals surface area contributed by atoms with E-state index in [0.29, 0.717) is 10.7 Å². The average molecular weight is 136 g/mol. The van der Waals surface area contributed by atoms with Crippen molar-refractivity contribution < 1.29 is 0 Å².